The Morgan fingerprint density at radius 3 is 2.48 bits per heavy atom. The number of rotatable bonds is 3. The zero-order valence-corrected chi connectivity index (χ0v) is 13.0. The van der Waals surface area contributed by atoms with Gasteiger partial charge in [-0.25, -0.2) is 0 Å². The largest absolute Gasteiger partial charge is 0.507 e. The zero-order valence-electron chi connectivity index (χ0n) is 10.9. The Labute approximate surface area is 135 Å². The van der Waals surface area contributed by atoms with Crippen molar-refractivity contribution in [2.24, 2.45) is 0 Å². The molecule has 2 aromatic carbocycles. The van der Waals surface area contributed by atoms with Crippen LogP contribution in [-0.4, -0.2) is 11.0 Å². The van der Waals surface area contributed by atoms with Crippen LogP contribution < -0.4 is 5.32 Å². The molecule has 0 aromatic heterocycles. The van der Waals surface area contributed by atoms with Crippen LogP contribution in [0.1, 0.15) is 5.56 Å². The van der Waals surface area contributed by atoms with E-state index in [2.05, 4.69) is 27.9 Å². The molecular weight excluding hydrogens is 379 g/mol. The average Bonchev–Trinajstić information content (AvgIpc) is 2.48. The number of anilines is 1. The lowest BCUT2D eigenvalue weighted by atomic mass is 10.1. The van der Waals surface area contributed by atoms with Crippen LogP contribution in [0, 0.1) is 14.9 Å². The molecule has 104 valence electrons. The third-order valence-corrected chi connectivity index (χ3v) is 3.42. The van der Waals surface area contributed by atoms with Gasteiger partial charge in [0.2, 0.25) is 0 Å². The topological polar surface area (TPSA) is 73.1 Å². The van der Waals surface area contributed by atoms with Gasteiger partial charge in [-0.3, -0.25) is 4.79 Å². The summed E-state index contributed by atoms with van der Waals surface area (Å²) in [6.07, 6.45) is 1.36. The Morgan fingerprint density at radius 2 is 1.86 bits per heavy atom. The summed E-state index contributed by atoms with van der Waals surface area (Å²) in [5.74, 6) is -0.491. The van der Waals surface area contributed by atoms with Gasteiger partial charge in [-0.05, 0) is 59.0 Å². The van der Waals surface area contributed by atoms with Crippen LogP contribution in [0.5, 0.6) is 5.75 Å². The number of nitriles is 1. The maximum absolute atomic E-state index is 12.1. The summed E-state index contributed by atoms with van der Waals surface area (Å²) in [5, 5.41) is 21.4. The molecule has 1 amide bonds. The van der Waals surface area contributed by atoms with Gasteiger partial charge >= 0.3 is 0 Å². The number of amides is 1. The number of hydrogen-bond acceptors (Lipinski definition) is 3. The van der Waals surface area contributed by atoms with E-state index >= 15 is 0 Å². The van der Waals surface area contributed by atoms with Crippen LogP contribution in [0.4, 0.5) is 5.69 Å². The number of benzene rings is 2. The van der Waals surface area contributed by atoms with Crippen LogP contribution >= 0.6 is 22.6 Å². The summed E-state index contributed by atoms with van der Waals surface area (Å²) in [5.41, 5.74) is 0.959. The number of carbonyl (C=O) groups excluding carboxylic acids is 1. The number of carbonyl (C=O) groups is 1. The van der Waals surface area contributed by atoms with Crippen molar-refractivity contribution >= 4 is 40.3 Å². The Kier molecular flexibility index (Phi) is 4.95. The van der Waals surface area contributed by atoms with Crippen molar-refractivity contribution in [2.45, 2.75) is 0 Å². The first-order chi connectivity index (χ1) is 10.1. The molecule has 0 unspecified atom stereocenters. The molecule has 0 bridgehead atoms. The Balaban J connectivity index is 2.22. The molecular formula is C16H11IN2O2. The molecule has 4 nitrogen and oxygen atoms in total. The van der Waals surface area contributed by atoms with E-state index in [1.165, 1.54) is 12.1 Å². The second-order valence-corrected chi connectivity index (χ2v) is 5.44. The molecule has 2 aromatic rings. The highest BCUT2D eigenvalue weighted by molar-refractivity contribution is 14.1. The monoisotopic (exact) mass is 390 g/mol. The second kappa shape index (κ2) is 6.90. The third kappa shape index (κ3) is 4.07. The number of hydrogen-bond donors (Lipinski definition) is 2. The SMILES string of the molecule is N#C/C(=C\c1ccccc1O)C(=O)Nc1ccc(I)cc1. The number of phenols is 1. The average molecular weight is 390 g/mol. The van der Waals surface area contributed by atoms with E-state index in [-0.39, 0.29) is 11.3 Å². The van der Waals surface area contributed by atoms with Crippen LogP contribution in [0.2, 0.25) is 0 Å². The highest BCUT2D eigenvalue weighted by Crippen LogP contribution is 2.19. The van der Waals surface area contributed by atoms with E-state index in [0.29, 0.717) is 11.3 Å². The van der Waals surface area contributed by atoms with Crippen molar-refractivity contribution < 1.29 is 9.90 Å². The molecule has 0 saturated heterocycles. The molecule has 0 radical (unpaired) electrons. The number of phenolic OH excluding ortho intramolecular Hbond substituents is 1. The fourth-order valence-electron chi connectivity index (χ4n) is 1.65. The number of aromatic hydroxyl groups is 1. The number of nitrogens with one attached hydrogen (secondary N) is 1. The van der Waals surface area contributed by atoms with Gasteiger partial charge in [-0.15, -0.1) is 0 Å². The van der Waals surface area contributed by atoms with Gasteiger partial charge in [0.1, 0.15) is 17.4 Å². The molecule has 21 heavy (non-hydrogen) atoms. The fraction of sp³-hybridized carbons (Fsp3) is 0. The Morgan fingerprint density at radius 1 is 1.19 bits per heavy atom. The minimum Gasteiger partial charge on any atom is -0.507 e. The number of halogens is 1. The molecule has 0 aliphatic carbocycles. The van der Waals surface area contributed by atoms with Gasteiger partial charge in [-0.2, -0.15) is 5.26 Å². The summed E-state index contributed by atoms with van der Waals surface area (Å²) in [4.78, 5) is 12.1. The van der Waals surface area contributed by atoms with Crippen molar-refractivity contribution in [2.75, 3.05) is 5.32 Å². The summed E-state index contributed by atoms with van der Waals surface area (Å²) in [6, 6.07) is 15.6. The molecule has 2 rings (SSSR count). The van der Waals surface area contributed by atoms with E-state index in [9.17, 15) is 9.90 Å². The van der Waals surface area contributed by atoms with E-state index < -0.39 is 5.91 Å². The molecule has 0 aliphatic rings. The number of nitrogens with zero attached hydrogens (tertiary/aromatic N) is 1. The van der Waals surface area contributed by atoms with Crippen LogP contribution in [0.25, 0.3) is 6.08 Å². The van der Waals surface area contributed by atoms with Gasteiger partial charge in [0.15, 0.2) is 0 Å². The lowest BCUT2D eigenvalue weighted by Crippen LogP contribution is -2.13. The summed E-state index contributed by atoms with van der Waals surface area (Å²) in [7, 11) is 0. The maximum atomic E-state index is 12.1. The van der Waals surface area contributed by atoms with Crippen molar-refractivity contribution in [1.29, 1.82) is 5.26 Å². The minimum atomic E-state index is -0.512. The molecule has 0 saturated carbocycles. The molecule has 0 fully saturated rings. The van der Waals surface area contributed by atoms with Crippen molar-refractivity contribution in [1.82, 2.24) is 0 Å². The first-order valence-electron chi connectivity index (χ1n) is 6.07. The van der Waals surface area contributed by atoms with E-state index in [4.69, 9.17) is 5.26 Å². The van der Waals surface area contributed by atoms with E-state index in [0.717, 1.165) is 3.57 Å². The smallest absolute Gasteiger partial charge is 0.266 e. The highest BCUT2D eigenvalue weighted by Gasteiger charge is 2.10. The van der Waals surface area contributed by atoms with Crippen LogP contribution in [0.15, 0.2) is 54.1 Å². The van der Waals surface area contributed by atoms with Gasteiger partial charge in [0.25, 0.3) is 5.91 Å². The standard InChI is InChI=1S/C16H11IN2O2/c17-13-5-7-14(8-6-13)19-16(21)12(10-18)9-11-3-1-2-4-15(11)20/h1-9,20H,(H,19,21)/b12-9+. The third-order valence-electron chi connectivity index (χ3n) is 2.70. The normalized spacial score (nSPS) is 10.8. The molecule has 5 heteroatoms. The van der Waals surface area contributed by atoms with Crippen LogP contribution in [-0.2, 0) is 4.79 Å². The Bertz CT molecular complexity index is 731. The number of para-hydroxylation sites is 1. The van der Waals surface area contributed by atoms with Gasteiger partial charge in [0.05, 0.1) is 0 Å². The zero-order chi connectivity index (χ0) is 15.2. The van der Waals surface area contributed by atoms with Crippen molar-refractivity contribution in [3.63, 3.8) is 0 Å². The predicted octanol–water partition coefficient (Wildman–Crippen LogP) is 3.54. The fourth-order valence-corrected chi connectivity index (χ4v) is 2.00. The highest BCUT2D eigenvalue weighted by atomic mass is 127. The molecule has 0 heterocycles. The second-order valence-electron chi connectivity index (χ2n) is 4.19. The minimum absolute atomic E-state index is 0.0207. The first kappa shape index (κ1) is 15.1. The molecule has 0 atom stereocenters. The molecule has 2 N–H and O–H groups in total. The Hall–Kier alpha value is -2.33. The van der Waals surface area contributed by atoms with Crippen molar-refractivity contribution in [3.8, 4) is 11.8 Å². The lowest BCUT2D eigenvalue weighted by Gasteiger charge is -2.05. The first-order valence-corrected chi connectivity index (χ1v) is 7.15. The summed E-state index contributed by atoms with van der Waals surface area (Å²) in [6.45, 7) is 0. The summed E-state index contributed by atoms with van der Waals surface area (Å²) < 4.78 is 1.05. The molecule has 0 spiro atoms. The van der Waals surface area contributed by atoms with E-state index in [1.807, 2.05) is 18.2 Å². The van der Waals surface area contributed by atoms with Crippen LogP contribution in [0.3, 0.4) is 0 Å². The van der Waals surface area contributed by atoms with Gasteiger partial charge in [-0.1, -0.05) is 18.2 Å². The molecule has 0 aliphatic heterocycles. The lowest BCUT2D eigenvalue weighted by molar-refractivity contribution is -0.112. The van der Waals surface area contributed by atoms with E-state index in [1.54, 1.807) is 30.3 Å². The quantitative estimate of drug-likeness (QED) is 0.479. The maximum Gasteiger partial charge on any atom is 0.266 e. The van der Waals surface area contributed by atoms with Gasteiger partial charge < -0.3 is 10.4 Å². The summed E-state index contributed by atoms with van der Waals surface area (Å²) >= 11 is 2.17. The van der Waals surface area contributed by atoms with Crippen molar-refractivity contribution in [3.05, 3.63) is 63.2 Å². The predicted molar refractivity (Wildman–Crippen MR) is 89.5 cm³/mol. The van der Waals surface area contributed by atoms with Gasteiger partial charge in [0, 0.05) is 14.8 Å².